The number of hydrogen-bond acceptors (Lipinski definition) is 4. The van der Waals surface area contributed by atoms with E-state index in [-0.39, 0.29) is 24.0 Å². The third-order valence-electron chi connectivity index (χ3n) is 3.72. The summed E-state index contributed by atoms with van der Waals surface area (Å²) >= 11 is 0. The fourth-order valence-electron chi connectivity index (χ4n) is 2.34. The maximum atomic E-state index is 5.84. The number of ether oxygens (including phenoxy) is 2. The Hall–Kier alpha value is -0.870. The van der Waals surface area contributed by atoms with Crippen LogP contribution in [0.15, 0.2) is 17.3 Å². The second-order valence-electron chi connectivity index (χ2n) is 5.33. The van der Waals surface area contributed by atoms with Crippen molar-refractivity contribution in [2.45, 2.75) is 31.9 Å². The van der Waals surface area contributed by atoms with Crippen LogP contribution in [0.25, 0.3) is 0 Å². The highest BCUT2D eigenvalue weighted by Gasteiger charge is 2.13. The molecule has 1 aliphatic heterocycles. The number of aliphatic imine (C=N–C) groups is 1. The average Bonchev–Trinajstić information content (AvgIpc) is 2.96. The van der Waals surface area contributed by atoms with Gasteiger partial charge in [0.15, 0.2) is 5.96 Å². The van der Waals surface area contributed by atoms with E-state index >= 15 is 0 Å². The Balaban J connectivity index is 0.00000264. The van der Waals surface area contributed by atoms with Gasteiger partial charge in [0, 0.05) is 46.7 Å². The Bertz CT molecular complexity index is 460. The Kier molecular flexibility index (Phi) is 10.2. The number of guanidine groups is 1. The normalized spacial score (nSPS) is 16.0. The summed E-state index contributed by atoms with van der Waals surface area (Å²) in [6.45, 7) is 3.97. The summed E-state index contributed by atoms with van der Waals surface area (Å²) in [7, 11) is 3.71. The van der Waals surface area contributed by atoms with Crippen molar-refractivity contribution >= 4 is 29.9 Å². The monoisotopic (exact) mass is 437 g/mol. The van der Waals surface area contributed by atoms with Gasteiger partial charge in [-0.1, -0.05) is 0 Å². The fraction of sp³-hybridized carbons (Fsp3) is 0.733. The van der Waals surface area contributed by atoms with Crippen LogP contribution >= 0.6 is 24.0 Å². The molecule has 0 radical (unpaired) electrons. The molecular weight excluding hydrogens is 409 g/mol. The van der Waals surface area contributed by atoms with Gasteiger partial charge in [0.05, 0.1) is 18.3 Å². The van der Waals surface area contributed by atoms with Gasteiger partial charge in [0.2, 0.25) is 0 Å². The van der Waals surface area contributed by atoms with E-state index < -0.39 is 0 Å². The first-order valence-corrected chi connectivity index (χ1v) is 7.90. The topological polar surface area (TPSA) is 72.7 Å². The zero-order chi connectivity index (χ0) is 15.6. The number of rotatable bonds is 7. The van der Waals surface area contributed by atoms with Crippen LogP contribution in [0.1, 0.15) is 25.0 Å². The van der Waals surface area contributed by atoms with Gasteiger partial charge in [-0.3, -0.25) is 9.67 Å². The third-order valence-corrected chi connectivity index (χ3v) is 3.72. The van der Waals surface area contributed by atoms with Crippen LogP contribution < -0.4 is 10.6 Å². The molecule has 0 aliphatic carbocycles. The molecular formula is C15H28IN5O2. The van der Waals surface area contributed by atoms with E-state index in [1.54, 1.807) is 13.2 Å². The molecule has 1 aromatic rings. The highest BCUT2D eigenvalue weighted by molar-refractivity contribution is 14.0. The molecule has 1 aliphatic rings. The van der Waals surface area contributed by atoms with Crippen LogP contribution in [0.2, 0.25) is 0 Å². The van der Waals surface area contributed by atoms with Crippen LogP contribution in [0.4, 0.5) is 0 Å². The first-order chi connectivity index (χ1) is 10.8. The van der Waals surface area contributed by atoms with Crippen molar-refractivity contribution in [2.75, 3.05) is 33.4 Å². The molecule has 8 heteroatoms. The number of nitrogens with zero attached hydrogens (tertiary/aromatic N) is 3. The molecule has 0 bridgehead atoms. The van der Waals surface area contributed by atoms with Gasteiger partial charge >= 0.3 is 0 Å². The molecule has 0 atom stereocenters. The van der Waals surface area contributed by atoms with Gasteiger partial charge in [-0.05, 0) is 25.3 Å². The van der Waals surface area contributed by atoms with Gasteiger partial charge in [0.1, 0.15) is 0 Å². The Morgan fingerprint density at radius 2 is 2.22 bits per heavy atom. The van der Waals surface area contributed by atoms with Crippen LogP contribution in [-0.4, -0.2) is 55.3 Å². The standard InChI is InChI=1S/C15H27N5O2.HI/c1-16-15(18-12-13-4-8-19-20(13)2)17-7-3-9-22-14-5-10-21-11-6-14;/h4,8,14H,3,5-7,9-12H2,1-2H3,(H2,16,17,18);1H. The van der Waals surface area contributed by atoms with Gasteiger partial charge in [0.25, 0.3) is 0 Å². The Morgan fingerprint density at radius 3 is 2.87 bits per heavy atom. The van der Waals surface area contributed by atoms with Gasteiger partial charge in [-0.2, -0.15) is 5.10 Å². The van der Waals surface area contributed by atoms with Crippen LogP contribution in [0.3, 0.4) is 0 Å². The lowest BCUT2D eigenvalue weighted by Gasteiger charge is -2.22. The molecule has 2 heterocycles. The highest BCUT2D eigenvalue weighted by Crippen LogP contribution is 2.10. The van der Waals surface area contributed by atoms with Crippen LogP contribution in [0.5, 0.6) is 0 Å². The zero-order valence-corrected chi connectivity index (χ0v) is 16.3. The molecule has 0 saturated carbocycles. The molecule has 0 amide bonds. The van der Waals surface area contributed by atoms with Crippen molar-refractivity contribution in [2.24, 2.45) is 12.0 Å². The van der Waals surface area contributed by atoms with Gasteiger partial charge < -0.3 is 20.1 Å². The zero-order valence-electron chi connectivity index (χ0n) is 14.0. The first-order valence-electron chi connectivity index (χ1n) is 7.90. The van der Waals surface area contributed by atoms with Gasteiger partial charge in [-0.25, -0.2) is 0 Å². The van der Waals surface area contributed by atoms with Crippen molar-refractivity contribution < 1.29 is 9.47 Å². The predicted molar refractivity (Wildman–Crippen MR) is 101 cm³/mol. The molecule has 23 heavy (non-hydrogen) atoms. The fourth-order valence-corrected chi connectivity index (χ4v) is 2.34. The van der Waals surface area contributed by atoms with E-state index in [1.165, 1.54) is 0 Å². The Morgan fingerprint density at radius 1 is 1.43 bits per heavy atom. The van der Waals surface area contributed by atoms with Crippen LogP contribution in [-0.2, 0) is 23.1 Å². The first kappa shape index (κ1) is 20.2. The molecule has 1 saturated heterocycles. The number of halogens is 1. The van der Waals surface area contributed by atoms with E-state index in [2.05, 4.69) is 20.7 Å². The quantitative estimate of drug-likeness (QED) is 0.291. The molecule has 0 unspecified atom stereocenters. The molecule has 2 rings (SSSR count). The summed E-state index contributed by atoms with van der Waals surface area (Å²) in [5.74, 6) is 0.798. The molecule has 7 nitrogen and oxygen atoms in total. The molecule has 132 valence electrons. The van der Waals surface area contributed by atoms with Crippen LogP contribution in [0, 0.1) is 0 Å². The van der Waals surface area contributed by atoms with Gasteiger partial charge in [-0.15, -0.1) is 24.0 Å². The lowest BCUT2D eigenvalue weighted by atomic mass is 10.1. The van der Waals surface area contributed by atoms with E-state index in [9.17, 15) is 0 Å². The number of aromatic nitrogens is 2. The minimum absolute atomic E-state index is 0. The largest absolute Gasteiger partial charge is 0.381 e. The summed E-state index contributed by atoms with van der Waals surface area (Å²) in [4.78, 5) is 4.21. The maximum Gasteiger partial charge on any atom is 0.191 e. The molecule has 2 N–H and O–H groups in total. The van der Waals surface area contributed by atoms with E-state index in [0.717, 1.165) is 57.3 Å². The third kappa shape index (κ3) is 7.49. The molecule has 0 aromatic carbocycles. The van der Waals surface area contributed by atoms with E-state index in [4.69, 9.17) is 9.47 Å². The molecule has 1 aromatic heterocycles. The predicted octanol–water partition coefficient (Wildman–Crippen LogP) is 1.29. The average molecular weight is 437 g/mol. The lowest BCUT2D eigenvalue weighted by molar-refractivity contribution is -0.0320. The lowest BCUT2D eigenvalue weighted by Crippen LogP contribution is -2.38. The minimum atomic E-state index is 0. The van der Waals surface area contributed by atoms with Crippen molar-refractivity contribution in [3.63, 3.8) is 0 Å². The summed E-state index contributed by atoms with van der Waals surface area (Å²) in [5, 5.41) is 10.7. The summed E-state index contributed by atoms with van der Waals surface area (Å²) in [5.41, 5.74) is 1.12. The summed E-state index contributed by atoms with van der Waals surface area (Å²) < 4.78 is 13.0. The number of nitrogens with one attached hydrogen (secondary N) is 2. The second kappa shape index (κ2) is 11.6. The second-order valence-corrected chi connectivity index (χ2v) is 5.33. The highest BCUT2D eigenvalue weighted by atomic mass is 127. The Labute approximate surface area is 155 Å². The van der Waals surface area contributed by atoms with Crippen molar-refractivity contribution in [1.82, 2.24) is 20.4 Å². The molecule has 1 fully saturated rings. The van der Waals surface area contributed by atoms with E-state index in [1.807, 2.05) is 17.8 Å². The SMILES string of the molecule is CN=C(NCCCOC1CCOCC1)NCc1ccnn1C.I. The summed E-state index contributed by atoms with van der Waals surface area (Å²) in [6.07, 6.45) is 5.16. The smallest absolute Gasteiger partial charge is 0.191 e. The van der Waals surface area contributed by atoms with E-state index in [0.29, 0.717) is 12.6 Å². The van der Waals surface area contributed by atoms with Crippen molar-refractivity contribution in [3.8, 4) is 0 Å². The van der Waals surface area contributed by atoms with Crippen molar-refractivity contribution in [1.29, 1.82) is 0 Å². The molecule has 0 spiro atoms. The van der Waals surface area contributed by atoms with Crippen molar-refractivity contribution in [3.05, 3.63) is 18.0 Å². The number of hydrogen-bond donors (Lipinski definition) is 2. The summed E-state index contributed by atoms with van der Waals surface area (Å²) in [6, 6.07) is 1.99. The minimum Gasteiger partial charge on any atom is -0.381 e. The maximum absolute atomic E-state index is 5.84. The number of aryl methyl sites for hydroxylation is 1.